The number of hydrogen-bond donors (Lipinski definition) is 3. The number of carbonyl (C=O) groups is 2. The molecule has 0 aliphatic carbocycles. The zero-order valence-corrected chi connectivity index (χ0v) is 45.6. The average Bonchev–Trinajstić information content (AvgIpc) is 4.34. The van der Waals surface area contributed by atoms with Gasteiger partial charge < -0.3 is 39.7 Å². The van der Waals surface area contributed by atoms with Crippen LogP contribution in [0.25, 0.3) is 43.4 Å². The van der Waals surface area contributed by atoms with E-state index in [2.05, 4.69) is 68.4 Å². The number of aryl methyl sites for hydroxylation is 2. The molecule has 5 aliphatic rings. The van der Waals surface area contributed by atoms with Crippen LogP contribution in [0.15, 0.2) is 76.9 Å². The SMILES string of the molecule is CCC.CCc1cccc2cc(O)cc(-c3ncc4c(N5CC6CCC(C5)N6)nc(OCCN5CCC6CN(c7cc(CC(=O)N8CCCC8C(=O)NC(C)c8ccc(-c9scnc9C)cc8)on7)CC6C5)nc4c3F)c12. The number of fused-ring (bicyclic) bond motifs is 5. The van der Waals surface area contributed by atoms with Crippen LogP contribution in [-0.2, 0) is 22.4 Å². The second-order valence-corrected chi connectivity index (χ2v) is 22.5. The van der Waals surface area contributed by atoms with E-state index in [0.29, 0.717) is 72.6 Å². The lowest BCUT2D eigenvalue weighted by Gasteiger charge is -2.34. The molecule has 18 heteroatoms. The van der Waals surface area contributed by atoms with Crippen LogP contribution in [-0.4, -0.2) is 129 Å². The van der Waals surface area contributed by atoms with Gasteiger partial charge in [0.05, 0.1) is 33.9 Å². The summed E-state index contributed by atoms with van der Waals surface area (Å²) in [6.07, 6.45) is 8.26. The van der Waals surface area contributed by atoms with Crippen LogP contribution in [0.4, 0.5) is 16.0 Å². The van der Waals surface area contributed by atoms with Crippen molar-refractivity contribution in [2.45, 2.75) is 110 Å². The molecule has 0 radical (unpaired) electrons. The molecule has 2 amide bonds. The molecule has 5 fully saturated rings. The Balaban J connectivity index is 0.00000206. The summed E-state index contributed by atoms with van der Waals surface area (Å²) in [4.78, 5) is 55.8. The van der Waals surface area contributed by atoms with E-state index >= 15 is 4.39 Å². The predicted molar refractivity (Wildman–Crippen MR) is 299 cm³/mol. The van der Waals surface area contributed by atoms with E-state index in [0.717, 1.165) is 115 Å². The molecule has 9 heterocycles. The van der Waals surface area contributed by atoms with Gasteiger partial charge in [-0.15, -0.1) is 11.3 Å². The predicted octanol–water partition coefficient (Wildman–Crippen LogP) is 9.28. The maximum atomic E-state index is 17.1. The van der Waals surface area contributed by atoms with E-state index in [9.17, 15) is 14.7 Å². The second-order valence-electron chi connectivity index (χ2n) is 21.7. The molecule has 12 rings (SSSR count). The molecule has 16 nitrogen and oxygen atoms in total. The molecule has 5 aliphatic heterocycles. The number of piperazine rings is 1. The topological polar surface area (TPSA) is 178 Å². The smallest absolute Gasteiger partial charge is 0.319 e. The third-order valence-corrected chi connectivity index (χ3v) is 17.2. The molecule has 5 saturated heterocycles. The standard InChI is InChI=1S/C56H62FN11O5S.C3H8/c1-4-34-7-5-8-37-21-42(69)22-44(49(34)37)51-50(57)52-45(25-58-51)54(67-29-40-14-15-41(30-67)61-40)63-56(62-52)72-20-19-65-18-16-38-27-66(28-39(38)26-65)47-23-43(73-64-47)24-48(70)68-17-6-9-46(68)55(71)60-32(2)35-10-12-36(13-11-35)53-33(3)59-31-74-53;1-3-2/h5,7-8,10-13,21-23,25,31-32,38-41,46,61,69H,4,6,9,14-20,24,26-30H2,1-3H3,(H,60,71);3H2,1-2H3. The Morgan fingerprint density at radius 3 is 2.49 bits per heavy atom. The molecule has 3 aromatic carbocycles. The largest absolute Gasteiger partial charge is 0.508 e. The number of halogens is 1. The number of anilines is 2. The number of hydrogen-bond acceptors (Lipinski definition) is 15. The van der Waals surface area contributed by atoms with Gasteiger partial charge in [-0.3, -0.25) is 19.5 Å². The molecular weight excluding hydrogens is 994 g/mol. The van der Waals surface area contributed by atoms with Gasteiger partial charge >= 0.3 is 6.01 Å². The lowest BCUT2D eigenvalue weighted by Crippen LogP contribution is -2.51. The average molecular weight is 1060 g/mol. The first-order valence-electron chi connectivity index (χ1n) is 27.7. The summed E-state index contributed by atoms with van der Waals surface area (Å²) in [6, 6.07) is 19.3. The summed E-state index contributed by atoms with van der Waals surface area (Å²) in [5.41, 5.74) is 6.78. The van der Waals surface area contributed by atoms with Gasteiger partial charge in [-0.1, -0.05) is 74.8 Å². The van der Waals surface area contributed by atoms with Crippen molar-refractivity contribution in [3.05, 3.63) is 101 Å². The molecule has 7 aromatic rings. The molecule has 6 atom stereocenters. The number of amides is 2. The highest BCUT2D eigenvalue weighted by Gasteiger charge is 2.40. The zero-order valence-electron chi connectivity index (χ0n) is 44.8. The number of piperidine rings is 1. The fraction of sp³-hybridized carbons (Fsp3) is 0.475. The lowest BCUT2D eigenvalue weighted by atomic mass is 9.89. The number of phenols is 1. The fourth-order valence-corrected chi connectivity index (χ4v) is 13.2. The Morgan fingerprint density at radius 1 is 0.935 bits per heavy atom. The number of phenolic OH excluding ortho intramolecular Hbond substituents is 1. The Hall–Kier alpha value is -6.76. The van der Waals surface area contributed by atoms with Gasteiger partial charge in [-0.2, -0.15) is 9.97 Å². The van der Waals surface area contributed by atoms with Crippen molar-refractivity contribution in [3.8, 4) is 33.5 Å². The lowest BCUT2D eigenvalue weighted by molar-refractivity contribution is -0.138. The van der Waals surface area contributed by atoms with Crippen molar-refractivity contribution < 1.29 is 28.3 Å². The molecule has 0 spiro atoms. The van der Waals surface area contributed by atoms with Crippen LogP contribution >= 0.6 is 11.3 Å². The third kappa shape index (κ3) is 10.9. The highest BCUT2D eigenvalue weighted by molar-refractivity contribution is 7.13. The maximum Gasteiger partial charge on any atom is 0.319 e. The first-order chi connectivity index (χ1) is 37.4. The van der Waals surface area contributed by atoms with E-state index in [1.807, 2.05) is 55.8 Å². The molecule has 3 N–H and O–H groups in total. The van der Waals surface area contributed by atoms with Crippen LogP contribution in [0.1, 0.15) is 94.8 Å². The van der Waals surface area contributed by atoms with Crippen LogP contribution < -0.4 is 25.2 Å². The maximum absolute atomic E-state index is 17.1. The van der Waals surface area contributed by atoms with Crippen LogP contribution in [0.3, 0.4) is 0 Å². The molecule has 0 saturated carbocycles. The minimum absolute atomic E-state index is 0.0389. The van der Waals surface area contributed by atoms with Gasteiger partial charge in [0, 0.05) is 75.7 Å². The van der Waals surface area contributed by atoms with E-state index in [1.54, 1.807) is 34.6 Å². The van der Waals surface area contributed by atoms with Crippen molar-refractivity contribution in [3.63, 3.8) is 0 Å². The van der Waals surface area contributed by atoms with E-state index < -0.39 is 11.9 Å². The van der Waals surface area contributed by atoms with Crippen molar-refractivity contribution in [2.24, 2.45) is 11.8 Å². The number of nitrogens with zero attached hydrogens (tertiary/aromatic N) is 9. The highest BCUT2D eigenvalue weighted by atomic mass is 32.1. The molecule has 6 unspecified atom stereocenters. The number of aromatic hydroxyl groups is 1. The van der Waals surface area contributed by atoms with Crippen LogP contribution in [0.2, 0.25) is 0 Å². The summed E-state index contributed by atoms with van der Waals surface area (Å²) < 4.78 is 29.3. The minimum Gasteiger partial charge on any atom is -0.508 e. The number of rotatable bonds is 14. The zero-order chi connectivity index (χ0) is 53.3. The fourth-order valence-electron chi connectivity index (χ4n) is 12.4. The number of aromatic nitrogens is 5. The first-order valence-corrected chi connectivity index (χ1v) is 28.6. The number of ether oxygens (including phenoxy) is 1. The van der Waals surface area contributed by atoms with Gasteiger partial charge in [0.15, 0.2) is 11.6 Å². The van der Waals surface area contributed by atoms with E-state index in [-0.39, 0.29) is 47.2 Å². The summed E-state index contributed by atoms with van der Waals surface area (Å²) in [7, 11) is 0. The van der Waals surface area contributed by atoms with Gasteiger partial charge in [0.2, 0.25) is 11.8 Å². The Kier molecular flexibility index (Phi) is 15.4. The number of nitrogens with one attached hydrogen (secondary N) is 2. The normalized spacial score (nSPS) is 21.6. The highest BCUT2D eigenvalue weighted by Crippen LogP contribution is 2.40. The number of benzene rings is 3. The number of thiazole rings is 1. The second kappa shape index (κ2) is 22.7. The summed E-state index contributed by atoms with van der Waals surface area (Å²) in [5, 5.41) is 24.2. The number of carbonyl (C=O) groups excluding carboxylic acids is 2. The van der Waals surface area contributed by atoms with Crippen molar-refractivity contribution in [1.82, 2.24) is 45.5 Å². The first kappa shape index (κ1) is 52.3. The number of likely N-dealkylation sites (tertiary alicyclic amines) is 2. The Bertz CT molecular complexity index is 3250. The third-order valence-electron chi connectivity index (χ3n) is 16.2. The molecule has 77 heavy (non-hydrogen) atoms. The van der Waals surface area contributed by atoms with Gasteiger partial charge in [0.25, 0.3) is 0 Å². The van der Waals surface area contributed by atoms with E-state index in [4.69, 9.17) is 24.2 Å². The Labute approximate surface area is 453 Å². The molecule has 404 valence electrons. The van der Waals surface area contributed by atoms with Crippen molar-refractivity contribution >= 4 is 56.5 Å². The van der Waals surface area contributed by atoms with Crippen molar-refractivity contribution in [2.75, 3.05) is 68.8 Å². The number of pyridine rings is 1. The summed E-state index contributed by atoms with van der Waals surface area (Å²) in [6.45, 7) is 16.8. The van der Waals surface area contributed by atoms with Crippen LogP contribution in [0, 0.1) is 24.6 Å². The minimum atomic E-state index is -0.572. The summed E-state index contributed by atoms with van der Waals surface area (Å²) in [5.74, 6) is 1.92. The van der Waals surface area contributed by atoms with E-state index in [1.165, 1.54) is 6.42 Å². The van der Waals surface area contributed by atoms with Gasteiger partial charge in [-0.05, 0) is 110 Å². The molecule has 4 aromatic heterocycles. The van der Waals surface area contributed by atoms with Gasteiger partial charge in [-0.25, -0.2) is 9.37 Å². The van der Waals surface area contributed by atoms with Crippen LogP contribution in [0.5, 0.6) is 11.8 Å². The van der Waals surface area contributed by atoms with Gasteiger partial charge in [0.1, 0.15) is 41.2 Å². The Morgan fingerprint density at radius 2 is 1.73 bits per heavy atom. The molecule has 2 bridgehead atoms. The quantitative estimate of drug-likeness (QED) is 0.0939. The summed E-state index contributed by atoms with van der Waals surface area (Å²) >= 11 is 1.61. The van der Waals surface area contributed by atoms with Crippen molar-refractivity contribution in [1.29, 1.82) is 0 Å². The molecular formula is C59H70FN11O5S. The monoisotopic (exact) mass is 1060 g/mol.